The maximum absolute atomic E-state index is 13.7. The van der Waals surface area contributed by atoms with Crippen LogP contribution >= 0.6 is 0 Å². The summed E-state index contributed by atoms with van der Waals surface area (Å²) < 4.78 is 25.1. The number of hydrogen-bond acceptors (Lipinski definition) is 17. The van der Waals surface area contributed by atoms with Crippen LogP contribution in [-0.4, -0.2) is 163 Å². The molecule has 396 valence electrons. The average Bonchev–Trinajstić information content (AvgIpc) is 3.43. The van der Waals surface area contributed by atoms with Crippen LogP contribution in [0.2, 0.25) is 0 Å². The molecule has 20 heteroatoms. The minimum atomic E-state index is -0.139. The summed E-state index contributed by atoms with van der Waals surface area (Å²) in [6, 6.07) is 14.6. The SMILES string of the molecule is C.C=CC(=O)N1CCN(CCCn2c(=O)c(-c3cc(OC)cc(OC)c3)cc3cnc(NC)nc32)CC1.C=CC(C)=O.CNc1ncc2cc(-c3cc(OC)cc(OC)c3)c(=O)n(CCCN3CCNCC3)c2n1. The molecule has 8 rings (SSSR count). The number of methoxy groups -OCH3 is 4. The summed E-state index contributed by atoms with van der Waals surface area (Å²) in [5.74, 6) is 3.40. The van der Waals surface area contributed by atoms with Crippen molar-refractivity contribution in [2.75, 3.05) is 119 Å². The topological polar surface area (TPSA) is 212 Å². The standard InChI is InChI=1S/C26H32N6O4.C23H30N6O3.C4H6O.CH4/c1-5-23(33)31-11-9-30(10-12-31)7-6-8-32-24-19(17-28-26(27-2)29-24)15-22(25(32)34)18-13-20(35-3)16-21(14-18)36-4;1-24-23-26-15-17-13-20(16-11-18(31-2)14-19(12-16)32-3)22(30)29(21(17)27-23)8-4-7-28-9-5-25-6-10-28;1-3-4(2)5;/h5,13-17H,1,6-12H2,2-4H3,(H,27,28,29);11-15,25H,4-10H2,1-3H3,(H,24,26,27);3H,1H2,2H3;1H4. The number of fused-ring (bicyclic) bond motifs is 2. The summed E-state index contributed by atoms with van der Waals surface area (Å²) in [7, 11) is 9.87. The predicted molar refractivity (Wildman–Crippen MR) is 293 cm³/mol. The summed E-state index contributed by atoms with van der Waals surface area (Å²) in [5, 5.41) is 10.9. The van der Waals surface area contributed by atoms with E-state index in [9.17, 15) is 19.2 Å². The molecule has 0 saturated carbocycles. The molecule has 2 aliphatic heterocycles. The zero-order chi connectivity index (χ0) is 52.4. The van der Waals surface area contributed by atoms with E-state index in [4.69, 9.17) is 18.9 Å². The third-order valence-corrected chi connectivity index (χ3v) is 12.5. The van der Waals surface area contributed by atoms with E-state index < -0.39 is 0 Å². The van der Waals surface area contributed by atoms with Gasteiger partial charge >= 0.3 is 0 Å². The second-order valence-electron chi connectivity index (χ2n) is 17.2. The van der Waals surface area contributed by atoms with Gasteiger partial charge in [0, 0.05) is 126 Å². The Bertz CT molecular complexity index is 2960. The monoisotopic (exact) mass is 1020 g/mol. The van der Waals surface area contributed by atoms with E-state index in [1.807, 2.05) is 41.3 Å². The van der Waals surface area contributed by atoms with Crippen LogP contribution in [0, 0.1) is 0 Å². The number of allylic oxidation sites excluding steroid dienone is 1. The van der Waals surface area contributed by atoms with E-state index in [2.05, 4.69) is 58.8 Å². The number of nitrogens with one attached hydrogen (secondary N) is 3. The number of amides is 1. The summed E-state index contributed by atoms with van der Waals surface area (Å²) in [6.07, 6.45) is 7.73. The molecule has 0 radical (unpaired) electrons. The third kappa shape index (κ3) is 14.7. The van der Waals surface area contributed by atoms with Crippen molar-refractivity contribution in [1.82, 2.24) is 49.1 Å². The number of benzene rings is 2. The fourth-order valence-corrected chi connectivity index (χ4v) is 8.47. The highest BCUT2D eigenvalue weighted by atomic mass is 16.5. The molecule has 6 heterocycles. The van der Waals surface area contributed by atoms with E-state index in [1.54, 1.807) is 76.2 Å². The maximum Gasteiger partial charge on any atom is 0.260 e. The summed E-state index contributed by atoms with van der Waals surface area (Å²) in [4.78, 5) is 73.3. The number of ether oxygens (including phenoxy) is 4. The van der Waals surface area contributed by atoms with Crippen molar-refractivity contribution in [2.24, 2.45) is 0 Å². The van der Waals surface area contributed by atoms with Gasteiger partial charge in [-0.1, -0.05) is 20.6 Å². The first-order chi connectivity index (χ1) is 35.4. The molecule has 1 amide bonds. The molecule has 2 saturated heterocycles. The Morgan fingerprint density at radius 1 is 0.608 bits per heavy atom. The minimum absolute atomic E-state index is 0. The van der Waals surface area contributed by atoms with Crippen LogP contribution in [0.5, 0.6) is 23.0 Å². The van der Waals surface area contributed by atoms with Gasteiger partial charge in [-0.05, 0) is 92.5 Å². The van der Waals surface area contributed by atoms with E-state index in [-0.39, 0.29) is 30.2 Å². The zero-order valence-electron chi connectivity index (χ0n) is 43.0. The van der Waals surface area contributed by atoms with Crippen LogP contribution in [0.15, 0.2) is 95.8 Å². The number of nitrogens with zero attached hydrogens (tertiary/aromatic N) is 9. The van der Waals surface area contributed by atoms with Gasteiger partial charge in [0.15, 0.2) is 5.78 Å². The van der Waals surface area contributed by atoms with Crippen LogP contribution in [0.3, 0.4) is 0 Å². The fraction of sp³-hybridized carbons (Fsp3) is 0.407. The van der Waals surface area contributed by atoms with Gasteiger partial charge in [0.2, 0.25) is 17.8 Å². The van der Waals surface area contributed by atoms with Gasteiger partial charge in [0.25, 0.3) is 11.1 Å². The second kappa shape index (κ2) is 28.0. The lowest BCUT2D eigenvalue weighted by Crippen LogP contribution is -2.48. The molecular weight excluding hydrogens is 945 g/mol. The summed E-state index contributed by atoms with van der Waals surface area (Å²) >= 11 is 0. The predicted octanol–water partition coefficient (Wildman–Crippen LogP) is 5.45. The highest BCUT2D eigenvalue weighted by Crippen LogP contribution is 2.31. The van der Waals surface area contributed by atoms with Gasteiger partial charge in [-0.3, -0.25) is 33.2 Å². The molecule has 2 aliphatic rings. The summed E-state index contributed by atoms with van der Waals surface area (Å²) in [6.45, 7) is 18.1. The Morgan fingerprint density at radius 2 is 1.00 bits per heavy atom. The number of pyridine rings is 2. The van der Waals surface area contributed by atoms with Crippen LogP contribution in [0.4, 0.5) is 11.9 Å². The largest absolute Gasteiger partial charge is 0.497 e. The number of aryl methyl sites for hydroxylation is 2. The van der Waals surface area contributed by atoms with Crippen molar-refractivity contribution in [1.29, 1.82) is 0 Å². The molecule has 0 atom stereocenters. The van der Waals surface area contributed by atoms with Gasteiger partial charge in [-0.25, -0.2) is 9.97 Å². The second-order valence-corrected chi connectivity index (χ2v) is 17.2. The number of carbonyl (C=O) groups is 2. The average molecular weight is 1020 g/mol. The van der Waals surface area contributed by atoms with Crippen LogP contribution in [-0.2, 0) is 22.7 Å². The molecule has 74 heavy (non-hydrogen) atoms. The lowest BCUT2D eigenvalue weighted by Gasteiger charge is -2.34. The lowest BCUT2D eigenvalue weighted by atomic mass is 10.0. The van der Waals surface area contributed by atoms with E-state index in [0.717, 1.165) is 81.5 Å². The number of piperazine rings is 2. The number of rotatable bonds is 18. The quantitative estimate of drug-likeness (QED) is 0.0914. The smallest absolute Gasteiger partial charge is 0.260 e. The van der Waals surface area contributed by atoms with E-state index >= 15 is 0 Å². The minimum Gasteiger partial charge on any atom is -0.497 e. The van der Waals surface area contributed by atoms with Crippen molar-refractivity contribution >= 4 is 45.7 Å². The van der Waals surface area contributed by atoms with Gasteiger partial charge in [-0.2, -0.15) is 9.97 Å². The molecule has 3 N–H and O–H groups in total. The Hall–Kier alpha value is -7.68. The molecule has 0 aliphatic carbocycles. The first-order valence-electron chi connectivity index (χ1n) is 24.2. The molecule has 20 nitrogen and oxygen atoms in total. The molecule has 2 fully saturated rings. The van der Waals surface area contributed by atoms with Crippen molar-refractivity contribution in [3.8, 4) is 45.3 Å². The normalized spacial score (nSPS) is 13.5. The van der Waals surface area contributed by atoms with Crippen molar-refractivity contribution in [2.45, 2.75) is 40.3 Å². The number of ketones is 1. The zero-order valence-corrected chi connectivity index (χ0v) is 43.0. The Kier molecular flexibility index (Phi) is 21.6. The van der Waals surface area contributed by atoms with Gasteiger partial charge in [-0.15, -0.1) is 0 Å². The van der Waals surface area contributed by atoms with E-state index in [0.29, 0.717) is 89.1 Å². The van der Waals surface area contributed by atoms with Crippen LogP contribution in [0.1, 0.15) is 27.2 Å². The molecule has 6 aromatic rings. The van der Waals surface area contributed by atoms with Crippen molar-refractivity contribution in [3.63, 3.8) is 0 Å². The first-order valence-corrected chi connectivity index (χ1v) is 24.2. The van der Waals surface area contributed by atoms with Gasteiger partial charge in [0.05, 0.1) is 28.4 Å². The fourth-order valence-electron chi connectivity index (χ4n) is 8.47. The molecule has 4 aromatic heterocycles. The van der Waals surface area contributed by atoms with Crippen molar-refractivity contribution < 1.29 is 28.5 Å². The number of carbonyl (C=O) groups excluding carboxylic acids is 2. The number of aromatic nitrogens is 6. The molecule has 0 bridgehead atoms. The third-order valence-electron chi connectivity index (χ3n) is 12.5. The van der Waals surface area contributed by atoms with Crippen molar-refractivity contribution in [3.05, 3.63) is 107 Å². The maximum atomic E-state index is 13.7. The van der Waals surface area contributed by atoms with Gasteiger partial charge < -0.3 is 44.7 Å². The van der Waals surface area contributed by atoms with Crippen LogP contribution < -0.4 is 46.0 Å². The molecule has 2 aromatic carbocycles. The van der Waals surface area contributed by atoms with E-state index in [1.165, 1.54) is 19.1 Å². The lowest BCUT2D eigenvalue weighted by molar-refractivity contribution is -0.127. The molecule has 0 unspecified atom stereocenters. The van der Waals surface area contributed by atoms with Crippen LogP contribution in [0.25, 0.3) is 44.3 Å². The highest BCUT2D eigenvalue weighted by Gasteiger charge is 2.21. The first kappa shape index (κ1) is 57.2. The Labute approximate surface area is 433 Å². The highest BCUT2D eigenvalue weighted by molar-refractivity contribution is 5.87. The number of hydrogen-bond donors (Lipinski definition) is 3. The number of anilines is 2. The Morgan fingerprint density at radius 3 is 1.35 bits per heavy atom. The van der Waals surface area contributed by atoms with Gasteiger partial charge in [0.1, 0.15) is 34.3 Å². The molecular formula is C54H72N12O8. The Balaban J connectivity index is 0.000000249. The summed E-state index contributed by atoms with van der Waals surface area (Å²) in [5.41, 5.74) is 3.52. The molecule has 0 spiro atoms.